The van der Waals surface area contributed by atoms with Gasteiger partial charge in [0, 0.05) is 5.69 Å². The number of rotatable bonds is 11. The summed E-state index contributed by atoms with van der Waals surface area (Å²) in [5.41, 5.74) is 11.1. The van der Waals surface area contributed by atoms with Crippen LogP contribution in [0.25, 0.3) is 0 Å². The smallest absolute Gasteiger partial charge is 0.325 e. The quantitative estimate of drug-likeness (QED) is 0.297. The summed E-state index contributed by atoms with van der Waals surface area (Å²) in [6.07, 6.45) is 0. The first kappa shape index (κ1) is 28.8. The molecule has 0 aliphatic carbocycles. The zero-order chi connectivity index (χ0) is 28.7. The molecule has 0 saturated heterocycles. The maximum atomic E-state index is 14.0. The van der Waals surface area contributed by atoms with Crippen molar-refractivity contribution in [3.63, 3.8) is 0 Å². The molecule has 0 spiro atoms. The van der Waals surface area contributed by atoms with E-state index in [2.05, 4.69) is 9.69 Å². The number of primary amides is 1. The monoisotopic (exact) mass is 559 g/mol. The molecule has 1 aromatic heterocycles. The molecule has 206 valence electrons. The molecule has 1 atom stereocenters. The number of benzene rings is 2. The van der Waals surface area contributed by atoms with Crippen LogP contribution in [0.1, 0.15) is 38.7 Å². The number of methoxy groups -OCH3 is 2. The lowest BCUT2D eigenvalue weighted by Gasteiger charge is -2.31. The molecule has 0 aliphatic rings. The summed E-state index contributed by atoms with van der Waals surface area (Å²) in [6, 6.07) is 7.84. The summed E-state index contributed by atoms with van der Waals surface area (Å²) in [6.45, 7) is 1.22. The van der Waals surface area contributed by atoms with E-state index >= 15 is 0 Å². The van der Waals surface area contributed by atoms with E-state index in [0.717, 1.165) is 17.0 Å². The third-order valence-electron chi connectivity index (χ3n) is 5.42. The van der Waals surface area contributed by atoms with E-state index in [4.69, 9.17) is 25.7 Å². The number of halogens is 1. The molecule has 0 radical (unpaired) electrons. The molecule has 0 aliphatic heterocycles. The van der Waals surface area contributed by atoms with Gasteiger partial charge in [0.15, 0.2) is 17.2 Å². The van der Waals surface area contributed by atoms with Gasteiger partial charge in [-0.1, -0.05) is 6.07 Å². The van der Waals surface area contributed by atoms with Gasteiger partial charge >= 0.3 is 5.97 Å². The number of aromatic nitrogens is 1. The predicted molar refractivity (Wildman–Crippen MR) is 140 cm³/mol. The molecule has 39 heavy (non-hydrogen) atoms. The number of ether oxygens (including phenoxy) is 3. The minimum absolute atomic E-state index is 0.0981. The molecule has 2 aromatic carbocycles. The van der Waals surface area contributed by atoms with Crippen molar-refractivity contribution in [1.82, 2.24) is 9.69 Å². The van der Waals surface area contributed by atoms with Gasteiger partial charge in [0.25, 0.3) is 11.8 Å². The standard InChI is InChI=1S/C25H26FN5O7S/c1-4-38-18(32)12-29-24(34)21(13-5-10-16(36-2)17(11-13)37-3)31(15-8-6-14(26)7-9-15)25(35)22-19(27)20(23(28)33)30-39-22/h5-11,21H,4,12,27H2,1-3H3,(H2,28,33)(H,29,34). The highest BCUT2D eigenvalue weighted by Crippen LogP contribution is 2.36. The number of carbonyl (C=O) groups is 4. The van der Waals surface area contributed by atoms with Crippen molar-refractivity contribution in [3.05, 3.63) is 64.4 Å². The van der Waals surface area contributed by atoms with E-state index in [9.17, 15) is 23.6 Å². The van der Waals surface area contributed by atoms with Crippen LogP contribution in [0.15, 0.2) is 42.5 Å². The fourth-order valence-corrected chi connectivity index (χ4v) is 4.37. The van der Waals surface area contributed by atoms with Gasteiger partial charge in [-0.25, -0.2) is 4.39 Å². The van der Waals surface area contributed by atoms with E-state index in [1.807, 2.05) is 0 Å². The maximum Gasteiger partial charge on any atom is 0.325 e. The molecule has 14 heteroatoms. The van der Waals surface area contributed by atoms with E-state index < -0.39 is 42.1 Å². The Labute approximate surface area is 226 Å². The lowest BCUT2D eigenvalue weighted by atomic mass is 10.0. The molecule has 12 nitrogen and oxygen atoms in total. The molecule has 1 heterocycles. The van der Waals surface area contributed by atoms with Crippen LogP contribution < -0.4 is 31.2 Å². The number of esters is 1. The van der Waals surface area contributed by atoms with E-state index in [1.54, 1.807) is 6.92 Å². The van der Waals surface area contributed by atoms with Crippen molar-refractivity contribution >= 4 is 46.6 Å². The van der Waals surface area contributed by atoms with Crippen LogP contribution in [0.5, 0.6) is 11.5 Å². The number of amides is 3. The van der Waals surface area contributed by atoms with Crippen LogP contribution in [-0.2, 0) is 14.3 Å². The topological polar surface area (TPSA) is 176 Å². The number of nitrogen functional groups attached to an aromatic ring is 1. The molecular weight excluding hydrogens is 533 g/mol. The van der Waals surface area contributed by atoms with E-state index in [0.29, 0.717) is 17.3 Å². The first-order chi connectivity index (χ1) is 18.6. The highest BCUT2D eigenvalue weighted by molar-refractivity contribution is 7.09. The summed E-state index contributed by atoms with van der Waals surface area (Å²) in [7, 11) is 2.82. The Morgan fingerprint density at radius 1 is 1.08 bits per heavy atom. The Kier molecular flexibility index (Phi) is 9.38. The van der Waals surface area contributed by atoms with Crippen LogP contribution in [0.3, 0.4) is 0 Å². The van der Waals surface area contributed by atoms with Crippen LogP contribution in [0.4, 0.5) is 15.8 Å². The highest BCUT2D eigenvalue weighted by Gasteiger charge is 2.36. The number of carbonyl (C=O) groups excluding carboxylic acids is 4. The van der Waals surface area contributed by atoms with Gasteiger partial charge in [0.1, 0.15) is 23.3 Å². The Morgan fingerprint density at radius 3 is 2.31 bits per heavy atom. The van der Waals surface area contributed by atoms with Crippen molar-refractivity contribution in [2.24, 2.45) is 5.73 Å². The number of nitrogens with one attached hydrogen (secondary N) is 1. The van der Waals surface area contributed by atoms with Crippen molar-refractivity contribution < 1.29 is 37.8 Å². The van der Waals surface area contributed by atoms with Crippen LogP contribution in [0, 0.1) is 5.82 Å². The summed E-state index contributed by atoms with van der Waals surface area (Å²) in [5.74, 6) is -3.26. The Morgan fingerprint density at radius 2 is 1.74 bits per heavy atom. The summed E-state index contributed by atoms with van der Waals surface area (Å²) in [4.78, 5) is 52.2. The first-order valence-electron chi connectivity index (χ1n) is 11.4. The largest absolute Gasteiger partial charge is 0.493 e. The number of hydrogen-bond donors (Lipinski definition) is 3. The normalized spacial score (nSPS) is 11.3. The van der Waals surface area contributed by atoms with Crippen molar-refractivity contribution in [3.8, 4) is 11.5 Å². The van der Waals surface area contributed by atoms with Gasteiger partial charge in [-0.05, 0) is 60.4 Å². The second-order valence-corrected chi connectivity index (χ2v) is 8.60. The lowest BCUT2D eigenvalue weighted by Crippen LogP contribution is -2.45. The maximum absolute atomic E-state index is 14.0. The molecule has 3 amide bonds. The van der Waals surface area contributed by atoms with Crippen molar-refractivity contribution in [1.29, 1.82) is 0 Å². The Hall–Kier alpha value is -4.72. The van der Waals surface area contributed by atoms with Gasteiger partial charge in [0.05, 0.1) is 26.5 Å². The molecule has 1 unspecified atom stereocenters. The molecule has 3 rings (SSSR count). The summed E-state index contributed by atoms with van der Waals surface area (Å²) in [5, 5.41) is 2.47. The zero-order valence-electron chi connectivity index (χ0n) is 21.2. The molecule has 3 aromatic rings. The molecule has 5 N–H and O–H groups in total. The van der Waals surface area contributed by atoms with Gasteiger partial charge in [-0.3, -0.25) is 24.1 Å². The van der Waals surface area contributed by atoms with Crippen molar-refractivity contribution in [2.75, 3.05) is 38.0 Å². The van der Waals surface area contributed by atoms with Crippen LogP contribution >= 0.6 is 11.5 Å². The Balaban J connectivity index is 2.21. The SMILES string of the molecule is CCOC(=O)CNC(=O)C(c1ccc(OC)c(OC)c1)N(C(=O)c1snc(C(N)=O)c1N)c1ccc(F)cc1. The molecule has 0 fully saturated rings. The lowest BCUT2D eigenvalue weighted by molar-refractivity contribution is -0.143. The average molecular weight is 560 g/mol. The third kappa shape index (κ3) is 6.41. The first-order valence-corrected chi connectivity index (χ1v) is 12.2. The zero-order valence-corrected chi connectivity index (χ0v) is 22.0. The van der Waals surface area contributed by atoms with E-state index in [1.165, 1.54) is 44.6 Å². The van der Waals surface area contributed by atoms with Gasteiger partial charge < -0.3 is 31.0 Å². The summed E-state index contributed by atoms with van der Waals surface area (Å²) >= 11 is 0.610. The van der Waals surface area contributed by atoms with Crippen LogP contribution in [-0.4, -0.2) is 55.4 Å². The molecular formula is C25H26FN5O7S. The second-order valence-electron chi connectivity index (χ2n) is 7.83. The van der Waals surface area contributed by atoms with Crippen molar-refractivity contribution in [2.45, 2.75) is 13.0 Å². The molecule has 0 bridgehead atoms. The molecule has 0 saturated carbocycles. The van der Waals surface area contributed by atoms with Gasteiger partial charge in [-0.2, -0.15) is 4.37 Å². The fraction of sp³-hybridized carbons (Fsp3) is 0.240. The predicted octanol–water partition coefficient (Wildman–Crippen LogP) is 2.05. The second kappa shape index (κ2) is 12.7. The minimum atomic E-state index is -1.45. The Bertz CT molecular complexity index is 1380. The van der Waals surface area contributed by atoms with E-state index in [-0.39, 0.29) is 39.9 Å². The summed E-state index contributed by atoms with van der Waals surface area (Å²) < 4.78 is 33.2. The average Bonchev–Trinajstić information content (AvgIpc) is 3.32. The van der Waals surface area contributed by atoms with Gasteiger partial charge in [0.2, 0.25) is 5.91 Å². The number of nitrogens with zero attached hydrogens (tertiary/aromatic N) is 2. The minimum Gasteiger partial charge on any atom is -0.493 e. The number of hydrogen-bond acceptors (Lipinski definition) is 10. The number of anilines is 2. The highest BCUT2D eigenvalue weighted by atomic mass is 32.1. The van der Waals surface area contributed by atoms with Crippen LogP contribution in [0.2, 0.25) is 0 Å². The number of nitrogens with two attached hydrogens (primary N) is 2. The fourth-order valence-electron chi connectivity index (χ4n) is 3.63. The van der Waals surface area contributed by atoms with Gasteiger partial charge in [-0.15, -0.1) is 0 Å². The third-order valence-corrected chi connectivity index (χ3v) is 6.27.